The van der Waals surface area contributed by atoms with Gasteiger partial charge in [-0.3, -0.25) is 9.59 Å². The normalized spacial score (nSPS) is 10.8. The van der Waals surface area contributed by atoms with Crippen LogP contribution in [0.4, 0.5) is 10.6 Å². The van der Waals surface area contributed by atoms with Crippen molar-refractivity contribution in [3.8, 4) is 34.2 Å². The van der Waals surface area contributed by atoms with Gasteiger partial charge in [0.2, 0.25) is 0 Å². The minimum absolute atomic E-state index is 0.00218. The lowest BCUT2D eigenvalue weighted by Crippen LogP contribution is -2.37. The lowest BCUT2D eigenvalue weighted by Gasteiger charge is -2.19. The minimum atomic E-state index is -0.633. The Hall–Kier alpha value is -5.73. The number of amides is 3. The van der Waals surface area contributed by atoms with Gasteiger partial charge in [0, 0.05) is 42.5 Å². The molecule has 1 heterocycles. The fourth-order valence-electron chi connectivity index (χ4n) is 4.39. The lowest BCUT2D eigenvalue weighted by molar-refractivity contribution is 0.0514. The summed E-state index contributed by atoms with van der Waals surface area (Å²) < 4.78 is 16.1. The van der Waals surface area contributed by atoms with Gasteiger partial charge in [0.05, 0.1) is 5.69 Å². The van der Waals surface area contributed by atoms with Gasteiger partial charge in [0.25, 0.3) is 11.8 Å². The van der Waals surface area contributed by atoms with Crippen LogP contribution in [-0.2, 0) is 9.47 Å². The average molecular weight is 622 g/mol. The maximum Gasteiger partial charge on any atom is 0.407 e. The molecule has 4 aromatic rings. The zero-order valence-electron chi connectivity index (χ0n) is 26.0. The molecule has 0 atom stereocenters. The number of benzene rings is 3. The number of pyridine rings is 1. The molecular formula is C35H35N5O6. The highest BCUT2D eigenvalue weighted by molar-refractivity contribution is 6.05. The van der Waals surface area contributed by atoms with E-state index in [1.54, 1.807) is 93.6 Å². The van der Waals surface area contributed by atoms with Crippen LogP contribution in [0.2, 0.25) is 0 Å². The molecule has 0 fully saturated rings. The summed E-state index contributed by atoms with van der Waals surface area (Å²) in [5.41, 5.74) is 2.22. The van der Waals surface area contributed by atoms with E-state index in [9.17, 15) is 19.6 Å². The van der Waals surface area contributed by atoms with Crippen LogP contribution in [-0.4, -0.2) is 55.5 Å². The molecule has 11 nitrogen and oxygen atoms in total. The fourth-order valence-corrected chi connectivity index (χ4v) is 4.39. The molecular weight excluding hydrogens is 586 g/mol. The van der Waals surface area contributed by atoms with E-state index in [0.717, 1.165) is 0 Å². The van der Waals surface area contributed by atoms with E-state index in [-0.39, 0.29) is 37.2 Å². The van der Waals surface area contributed by atoms with Crippen molar-refractivity contribution in [2.24, 2.45) is 0 Å². The first-order valence-electron chi connectivity index (χ1n) is 14.5. The summed E-state index contributed by atoms with van der Waals surface area (Å²) in [7, 11) is 1.51. The third-order valence-electron chi connectivity index (χ3n) is 6.41. The molecule has 0 radical (unpaired) electrons. The van der Waals surface area contributed by atoms with E-state index in [0.29, 0.717) is 39.3 Å². The van der Waals surface area contributed by atoms with E-state index < -0.39 is 17.6 Å². The molecule has 3 amide bonds. The number of carbonyl (C=O) groups is 3. The highest BCUT2D eigenvalue weighted by Crippen LogP contribution is 2.36. The average Bonchev–Trinajstić information content (AvgIpc) is 3.05. The number of aromatic nitrogens is 1. The Morgan fingerprint density at radius 3 is 2.24 bits per heavy atom. The Labute approximate surface area is 267 Å². The van der Waals surface area contributed by atoms with E-state index in [4.69, 9.17) is 14.2 Å². The molecule has 0 aliphatic heterocycles. The number of carbonyl (C=O) groups excluding carboxylic acids is 3. The van der Waals surface area contributed by atoms with Gasteiger partial charge in [-0.05, 0) is 68.8 Å². The van der Waals surface area contributed by atoms with E-state index >= 15 is 0 Å². The van der Waals surface area contributed by atoms with Gasteiger partial charge in [-0.25, -0.2) is 9.78 Å². The number of nitrogens with one attached hydrogen (secondary N) is 3. The van der Waals surface area contributed by atoms with Crippen molar-refractivity contribution in [3.05, 3.63) is 102 Å². The van der Waals surface area contributed by atoms with E-state index in [1.165, 1.54) is 7.11 Å². The first-order chi connectivity index (χ1) is 22.1. The summed E-state index contributed by atoms with van der Waals surface area (Å²) in [5, 5.41) is 18.5. The largest absolute Gasteiger partial charge is 0.467 e. The number of alkyl carbamates (subject to hydrolysis) is 1. The number of rotatable bonds is 11. The molecule has 0 aliphatic rings. The number of nitrogens with zero attached hydrogens (tertiary/aromatic N) is 2. The van der Waals surface area contributed by atoms with Crippen LogP contribution in [0.1, 0.15) is 47.1 Å². The zero-order chi connectivity index (χ0) is 33.1. The molecule has 0 spiro atoms. The summed E-state index contributed by atoms with van der Waals surface area (Å²) in [4.78, 5) is 42.8. The van der Waals surface area contributed by atoms with Crippen LogP contribution in [0.15, 0.2) is 84.9 Å². The summed E-state index contributed by atoms with van der Waals surface area (Å²) in [5.74, 6) is -0.282. The van der Waals surface area contributed by atoms with Gasteiger partial charge < -0.3 is 30.2 Å². The second kappa shape index (κ2) is 15.3. The molecule has 1 aromatic heterocycles. The van der Waals surface area contributed by atoms with Crippen molar-refractivity contribution >= 4 is 23.7 Å². The molecule has 4 rings (SSSR count). The first-order valence-corrected chi connectivity index (χ1v) is 14.5. The van der Waals surface area contributed by atoms with Crippen LogP contribution in [0.25, 0.3) is 22.4 Å². The number of para-hydroxylation sites is 1. The van der Waals surface area contributed by atoms with Crippen molar-refractivity contribution in [2.45, 2.75) is 26.4 Å². The zero-order valence-corrected chi connectivity index (χ0v) is 26.0. The van der Waals surface area contributed by atoms with Crippen LogP contribution in [0.3, 0.4) is 0 Å². The number of ether oxygens (including phenoxy) is 3. The summed E-state index contributed by atoms with van der Waals surface area (Å²) in [6, 6.07) is 26.4. The van der Waals surface area contributed by atoms with Gasteiger partial charge in [-0.15, -0.1) is 0 Å². The Morgan fingerprint density at radius 2 is 1.52 bits per heavy atom. The highest BCUT2D eigenvalue weighted by Gasteiger charge is 2.21. The summed E-state index contributed by atoms with van der Waals surface area (Å²) >= 11 is 0. The third kappa shape index (κ3) is 8.90. The fraction of sp³-hybridized carbons (Fsp3) is 0.229. The van der Waals surface area contributed by atoms with Gasteiger partial charge in [-0.2, -0.15) is 5.26 Å². The predicted octanol–water partition coefficient (Wildman–Crippen LogP) is 5.78. The molecule has 3 N–H and O–H groups in total. The van der Waals surface area contributed by atoms with Crippen molar-refractivity contribution in [3.63, 3.8) is 0 Å². The number of hydrogen-bond acceptors (Lipinski definition) is 8. The quantitative estimate of drug-likeness (QED) is 0.141. The Kier molecular flexibility index (Phi) is 11.0. The lowest BCUT2D eigenvalue weighted by atomic mass is 9.96. The van der Waals surface area contributed by atoms with E-state index in [1.807, 2.05) is 12.1 Å². The van der Waals surface area contributed by atoms with Gasteiger partial charge in [-0.1, -0.05) is 42.5 Å². The minimum Gasteiger partial charge on any atom is -0.467 e. The Bertz CT molecular complexity index is 1740. The maximum absolute atomic E-state index is 13.2. The smallest absolute Gasteiger partial charge is 0.407 e. The van der Waals surface area contributed by atoms with Crippen molar-refractivity contribution in [1.29, 1.82) is 5.26 Å². The Balaban J connectivity index is 1.68. The van der Waals surface area contributed by atoms with Gasteiger partial charge in [0.15, 0.2) is 12.6 Å². The second-order valence-corrected chi connectivity index (χ2v) is 11.0. The van der Waals surface area contributed by atoms with E-state index in [2.05, 4.69) is 27.0 Å². The molecule has 11 heteroatoms. The maximum atomic E-state index is 13.2. The highest BCUT2D eigenvalue weighted by atomic mass is 16.7. The molecule has 0 aliphatic carbocycles. The Morgan fingerprint density at radius 1 is 0.826 bits per heavy atom. The molecule has 0 bridgehead atoms. The molecule has 0 unspecified atom stereocenters. The standard InChI is InChI=1S/C35H35N5O6/c1-35(2,3)46-34(43)38-18-17-37-32(41)25-14-10-13-24(19-25)27-20-29(26-15-8-9-16-30(26)45-22-44-4)39-31(28(27)21-36)40-33(42)23-11-6-5-7-12-23/h5-16,19-20H,17-18,22H2,1-4H3,(H,37,41)(H,38,43)(H,39,40,42). The molecule has 0 saturated carbocycles. The van der Waals surface area contributed by atoms with Crippen LogP contribution in [0, 0.1) is 11.3 Å². The first kappa shape index (κ1) is 33.2. The number of methoxy groups -OCH3 is 1. The molecule has 3 aromatic carbocycles. The summed E-state index contributed by atoms with van der Waals surface area (Å²) in [6.07, 6.45) is -0.578. The van der Waals surface area contributed by atoms with Crippen LogP contribution >= 0.6 is 0 Å². The molecule has 236 valence electrons. The van der Waals surface area contributed by atoms with Crippen LogP contribution in [0.5, 0.6) is 5.75 Å². The monoisotopic (exact) mass is 621 g/mol. The topological polar surface area (TPSA) is 152 Å². The molecule has 46 heavy (non-hydrogen) atoms. The predicted molar refractivity (Wildman–Crippen MR) is 173 cm³/mol. The van der Waals surface area contributed by atoms with Crippen molar-refractivity contribution in [2.75, 3.05) is 32.3 Å². The van der Waals surface area contributed by atoms with Gasteiger partial charge >= 0.3 is 6.09 Å². The number of anilines is 1. The number of hydrogen-bond donors (Lipinski definition) is 3. The van der Waals surface area contributed by atoms with Crippen molar-refractivity contribution in [1.82, 2.24) is 15.6 Å². The summed E-state index contributed by atoms with van der Waals surface area (Å²) in [6.45, 7) is 5.62. The third-order valence-corrected chi connectivity index (χ3v) is 6.41. The van der Waals surface area contributed by atoms with Crippen LogP contribution < -0.4 is 20.7 Å². The van der Waals surface area contributed by atoms with Crippen molar-refractivity contribution < 1.29 is 28.6 Å². The SMILES string of the molecule is COCOc1ccccc1-c1cc(-c2cccc(C(=O)NCCNC(=O)OC(C)(C)C)c2)c(C#N)c(NC(=O)c2ccccc2)n1. The second-order valence-electron chi connectivity index (χ2n) is 11.0. The van der Waals surface area contributed by atoms with Gasteiger partial charge in [0.1, 0.15) is 23.0 Å². The number of nitriles is 1. The molecule has 0 saturated heterocycles.